The molecule has 0 saturated heterocycles. The highest BCUT2D eigenvalue weighted by Crippen LogP contribution is 2.30. The molecule has 0 N–H and O–H groups in total. The first-order valence-corrected chi connectivity index (χ1v) is 7.05. The Kier molecular flexibility index (Phi) is 5.95. The predicted octanol–water partition coefficient (Wildman–Crippen LogP) is 3.94. The lowest BCUT2D eigenvalue weighted by molar-refractivity contribution is -0.385. The van der Waals surface area contributed by atoms with Gasteiger partial charge in [0.25, 0.3) is 5.69 Å². The van der Waals surface area contributed by atoms with Gasteiger partial charge in [-0.05, 0) is 33.7 Å². The Labute approximate surface area is 120 Å². The molecule has 1 aromatic carbocycles. The van der Waals surface area contributed by atoms with E-state index in [-0.39, 0.29) is 5.69 Å². The average Bonchev–Trinajstić information content (AvgIpc) is 2.31. The second kappa shape index (κ2) is 6.99. The molecule has 18 heavy (non-hydrogen) atoms. The van der Waals surface area contributed by atoms with Crippen molar-refractivity contribution >= 4 is 34.2 Å². The van der Waals surface area contributed by atoms with Crippen LogP contribution in [-0.2, 0) is 0 Å². The molecule has 0 bridgehead atoms. The van der Waals surface area contributed by atoms with E-state index in [9.17, 15) is 10.1 Å². The molecule has 0 fully saturated rings. The monoisotopic (exact) mass is 333 g/mol. The summed E-state index contributed by atoms with van der Waals surface area (Å²) in [6.45, 7) is 4.71. The summed E-state index contributed by atoms with van der Waals surface area (Å²) in [4.78, 5) is 10.3. The Morgan fingerprint density at radius 3 is 2.67 bits per heavy atom. The number of hydrogen-bond acceptors (Lipinski definition) is 4. The van der Waals surface area contributed by atoms with Crippen molar-refractivity contribution in [1.29, 1.82) is 0 Å². The predicted molar refractivity (Wildman–Crippen MR) is 78.5 cm³/mol. The summed E-state index contributed by atoms with van der Waals surface area (Å²) in [5.74, 6) is 2.00. The Hall–Kier alpha value is -0.750. The summed E-state index contributed by atoms with van der Waals surface area (Å²) in [5, 5.41) is 10.7. The second-order valence-electron chi connectivity index (χ2n) is 4.37. The van der Waals surface area contributed by atoms with Gasteiger partial charge in [0.2, 0.25) is 0 Å². The highest BCUT2D eigenvalue weighted by molar-refractivity contribution is 9.10. The van der Waals surface area contributed by atoms with Gasteiger partial charge in [-0.3, -0.25) is 10.1 Å². The molecular formula is C12H16BrNO3S. The molecule has 0 saturated carbocycles. The third-order valence-electron chi connectivity index (χ3n) is 2.76. The summed E-state index contributed by atoms with van der Waals surface area (Å²) in [6.07, 6.45) is 0. The van der Waals surface area contributed by atoms with Gasteiger partial charge in [0.05, 0.1) is 22.1 Å². The van der Waals surface area contributed by atoms with E-state index < -0.39 is 4.92 Å². The summed E-state index contributed by atoms with van der Waals surface area (Å²) in [7, 11) is 0. The molecule has 1 unspecified atom stereocenters. The van der Waals surface area contributed by atoms with Crippen molar-refractivity contribution in [2.24, 2.45) is 11.8 Å². The maximum absolute atomic E-state index is 10.7. The van der Waals surface area contributed by atoms with Gasteiger partial charge in [-0.2, -0.15) is 12.6 Å². The Morgan fingerprint density at radius 2 is 2.17 bits per heavy atom. The average molecular weight is 334 g/mol. The van der Waals surface area contributed by atoms with Crippen LogP contribution in [0.3, 0.4) is 0 Å². The molecule has 0 aliphatic carbocycles. The maximum atomic E-state index is 10.7. The van der Waals surface area contributed by atoms with Gasteiger partial charge in [-0.1, -0.05) is 13.8 Å². The van der Waals surface area contributed by atoms with E-state index in [0.29, 0.717) is 24.2 Å². The second-order valence-corrected chi connectivity index (χ2v) is 5.59. The van der Waals surface area contributed by atoms with Crippen LogP contribution in [0.15, 0.2) is 22.7 Å². The van der Waals surface area contributed by atoms with E-state index in [2.05, 4.69) is 42.4 Å². The number of non-ortho nitro benzene ring substituents is 1. The van der Waals surface area contributed by atoms with Crippen LogP contribution in [0.4, 0.5) is 5.69 Å². The zero-order chi connectivity index (χ0) is 13.7. The molecule has 1 aromatic rings. The van der Waals surface area contributed by atoms with Crippen molar-refractivity contribution in [3.05, 3.63) is 32.8 Å². The number of halogens is 1. The first-order valence-electron chi connectivity index (χ1n) is 5.63. The first kappa shape index (κ1) is 15.3. The van der Waals surface area contributed by atoms with Gasteiger partial charge in [0, 0.05) is 12.0 Å². The molecule has 4 nitrogen and oxygen atoms in total. The maximum Gasteiger partial charge on any atom is 0.273 e. The molecule has 0 heterocycles. The zero-order valence-corrected chi connectivity index (χ0v) is 12.8. The van der Waals surface area contributed by atoms with Gasteiger partial charge >= 0.3 is 0 Å². The van der Waals surface area contributed by atoms with Crippen LogP contribution in [0.25, 0.3) is 0 Å². The molecule has 0 radical (unpaired) electrons. The number of benzene rings is 1. The summed E-state index contributed by atoms with van der Waals surface area (Å²) in [5.41, 5.74) is 0.0279. The number of rotatable bonds is 6. The van der Waals surface area contributed by atoms with Crippen molar-refractivity contribution in [3.8, 4) is 5.75 Å². The van der Waals surface area contributed by atoms with Crippen molar-refractivity contribution in [2.75, 3.05) is 12.4 Å². The SMILES string of the molecule is CC(C)C(CS)COc1cc([N+](=O)[O-])ccc1Br. The fourth-order valence-corrected chi connectivity index (χ4v) is 2.26. The normalized spacial score (nSPS) is 12.5. The van der Waals surface area contributed by atoms with Gasteiger partial charge in [-0.25, -0.2) is 0 Å². The fourth-order valence-electron chi connectivity index (χ4n) is 1.37. The van der Waals surface area contributed by atoms with Crippen molar-refractivity contribution in [3.63, 3.8) is 0 Å². The Morgan fingerprint density at radius 1 is 1.50 bits per heavy atom. The molecule has 6 heteroatoms. The smallest absolute Gasteiger partial charge is 0.273 e. The molecule has 100 valence electrons. The largest absolute Gasteiger partial charge is 0.492 e. The lowest BCUT2D eigenvalue weighted by Crippen LogP contribution is -2.19. The van der Waals surface area contributed by atoms with Crippen LogP contribution >= 0.6 is 28.6 Å². The third kappa shape index (κ3) is 4.17. The third-order valence-corrected chi connectivity index (χ3v) is 3.88. The molecule has 0 amide bonds. The van der Waals surface area contributed by atoms with E-state index in [0.717, 1.165) is 10.2 Å². The van der Waals surface area contributed by atoms with Crippen LogP contribution in [0.5, 0.6) is 5.75 Å². The number of hydrogen-bond donors (Lipinski definition) is 1. The topological polar surface area (TPSA) is 52.4 Å². The highest BCUT2D eigenvalue weighted by atomic mass is 79.9. The molecule has 0 aliphatic heterocycles. The van der Waals surface area contributed by atoms with Crippen LogP contribution in [0, 0.1) is 22.0 Å². The molecule has 0 spiro atoms. The number of ether oxygens (including phenoxy) is 1. The molecule has 1 rings (SSSR count). The van der Waals surface area contributed by atoms with Gasteiger partial charge < -0.3 is 4.74 Å². The fraction of sp³-hybridized carbons (Fsp3) is 0.500. The minimum atomic E-state index is -0.433. The highest BCUT2D eigenvalue weighted by Gasteiger charge is 2.15. The Balaban J connectivity index is 2.77. The van der Waals surface area contributed by atoms with Gasteiger partial charge in [0.1, 0.15) is 5.75 Å². The van der Waals surface area contributed by atoms with Crippen LogP contribution < -0.4 is 4.74 Å². The van der Waals surface area contributed by atoms with E-state index in [1.165, 1.54) is 12.1 Å². The van der Waals surface area contributed by atoms with E-state index in [4.69, 9.17) is 4.74 Å². The van der Waals surface area contributed by atoms with E-state index in [1.807, 2.05) is 0 Å². The molecule has 0 aliphatic rings. The summed E-state index contributed by atoms with van der Waals surface area (Å²) in [6, 6.07) is 4.49. The van der Waals surface area contributed by atoms with Gasteiger partial charge in [0.15, 0.2) is 0 Å². The summed E-state index contributed by atoms with van der Waals surface area (Å²) >= 11 is 7.60. The first-order chi connectivity index (χ1) is 8.45. The minimum Gasteiger partial charge on any atom is -0.492 e. The molecule has 1 atom stereocenters. The van der Waals surface area contributed by atoms with Crippen molar-refractivity contribution in [2.45, 2.75) is 13.8 Å². The quantitative estimate of drug-likeness (QED) is 0.487. The molecule has 0 aromatic heterocycles. The van der Waals surface area contributed by atoms with Gasteiger partial charge in [-0.15, -0.1) is 0 Å². The standard InChI is InChI=1S/C12H16BrNO3S/c1-8(2)9(7-18)6-17-12-5-10(14(15)16)3-4-11(12)13/h3-5,8-9,18H,6-7H2,1-2H3. The molecular weight excluding hydrogens is 318 g/mol. The van der Waals surface area contributed by atoms with Crippen LogP contribution in [-0.4, -0.2) is 17.3 Å². The zero-order valence-electron chi connectivity index (χ0n) is 10.3. The Bertz CT molecular complexity index is 426. The van der Waals surface area contributed by atoms with E-state index >= 15 is 0 Å². The van der Waals surface area contributed by atoms with Crippen LogP contribution in [0.1, 0.15) is 13.8 Å². The summed E-state index contributed by atoms with van der Waals surface area (Å²) < 4.78 is 6.36. The van der Waals surface area contributed by atoms with Crippen molar-refractivity contribution < 1.29 is 9.66 Å². The minimum absolute atomic E-state index is 0.0279. The number of nitro benzene ring substituents is 1. The van der Waals surface area contributed by atoms with Crippen molar-refractivity contribution in [1.82, 2.24) is 0 Å². The lowest BCUT2D eigenvalue weighted by Gasteiger charge is -2.19. The number of nitro groups is 1. The van der Waals surface area contributed by atoms with Crippen LogP contribution in [0.2, 0.25) is 0 Å². The van der Waals surface area contributed by atoms with E-state index in [1.54, 1.807) is 6.07 Å². The lowest BCUT2D eigenvalue weighted by atomic mass is 9.99. The number of nitrogens with zero attached hydrogens (tertiary/aromatic N) is 1. The number of thiol groups is 1.